The molecule has 1 unspecified atom stereocenters. The maximum Gasteiger partial charge on any atom is 0.360 e. The Morgan fingerprint density at radius 2 is 2.20 bits per heavy atom. The van der Waals surface area contributed by atoms with E-state index >= 15 is 0 Å². The lowest BCUT2D eigenvalue weighted by Gasteiger charge is -2.32. The molecule has 2 aromatic rings. The Hall–Kier alpha value is -2.71. The van der Waals surface area contributed by atoms with E-state index < -0.39 is 5.97 Å². The number of methoxy groups -OCH3 is 1. The predicted molar refractivity (Wildman–Crippen MR) is 88.2 cm³/mol. The Kier molecular flexibility index (Phi) is 4.82. The van der Waals surface area contributed by atoms with Crippen molar-refractivity contribution >= 4 is 11.9 Å². The summed E-state index contributed by atoms with van der Waals surface area (Å²) in [5, 5.41) is 14.8. The van der Waals surface area contributed by atoms with Crippen molar-refractivity contribution in [3.8, 4) is 0 Å². The fourth-order valence-electron chi connectivity index (χ4n) is 3.09. The topological polar surface area (TPSA) is 106 Å². The minimum Gasteiger partial charge on any atom is -0.464 e. The van der Waals surface area contributed by atoms with Gasteiger partial charge in [-0.2, -0.15) is 5.10 Å². The first-order chi connectivity index (χ1) is 12.0. The number of nitrogens with zero attached hydrogens (tertiary/aromatic N) is 5. The maximum absolute atomic E-state index is 12.9. The number of rotatable bonds is 4. The normalized spacial score (nSPS) is 17.8. The zero-order valence-corrected chi connectivity index (χ0v) is 14.6. The molecule has 2 aromatic heterocycles. The standard InChI is InChI=1S/C16H22N6O3/c1-10(2)14-12(7-17-19-14)15(23)21-6-4-5-11(8-21)22-9-13(18-20-22)16(24)25-3/h7,9-11H,4-6,8H2,1-3H3,(H,17,19). The maximum atomic E-state index is 12.9. The third kappa shape index (κ3) is 3.40. The van der Waals surface area contributed by atoms with Gasteiger partial charge in [0, 0.05) is 13.1 Å². The summed E-state index contributed by atoms with van der Waals surface area (Å²) >= 11 is 0. The van der Waals surface area contributed by atoms with Crippen molar-refractivity contribution in [3.63, 3.8) is 0 Å². The van der Waals surface area contributed by atoms with Crippen LogP contribution in [0.15, 0.2) is 12.4 Å². The van der Waals surface area contributed by atoms with Crippen molar-refractivity contribution in [2.75, 3.05) is 20.2 Å². The second kappa shape index (κ2) is 7.04. The number of hydrogen-bond donors (Lipinski definition) is 1. The van der Waals surface area contributed by atoms with Crippen LogP contribution in [0.4, 0.5) is 0 Å². The molecule has 1 saturated heterocycles. The fraction of sp³-hybridized carbons (Fsp3) is 0.562. The molecular weight excluding hydrogens is 324 g/mol. The molecule has 1 aliphatic rings. The van der Waals surface area contributed by atoms with Gasteiger partial charge in [0.2, 0.25) is 0 Å². The molecule has 1 aliphatic heterocycles. The Morgan fingerprint density at radius 1 is 1.40 bits per heavy atom. The number of nitrogens with one attached hydrogen (secondary N) is 1. The predicted octanol–water partition coefficient (Wildman–Crippen LogP) is 1.39. The Morgan fingerprint density at radius 3 is 2.92 bits per heavy atom. The van der Waals surface area contributed by atoms with Crippen LogP contribution in [0.2, 0.25) is 0 Å². The number of carbonyl (C=O) groups is 2. The van der Waals surface area contributed by atoms with E-state index in [1.807, 2.05) is 18.7 Å². The smallest absolute Gasteiger partial charge is 0.360 e. The highest BCUT2D eigenvalue weighted by Gasteiger charge is 2.29. The minimum absolute atomic E-state index is 0.0157. The summed E-state index contributed by atoms with van der Waals surface area (Å²) < 4.78 is 6.29. The highest BCUT2D eigenvalue weighted by atomic mass is 16.5. The molecule has 3 rings (SSSR count). The van der Waals surface area contributed by atoms with Gasteiger partial charge in [-0.05, 0) is 18.8 Å². The summed E-state index contributed by atoms with van der Waals surface area (Å²) in [6.07, 6.45) is 4.89. The van der Waals surface area contributed by atoms with Crippen LogP contribution in [-0.2, 0) is 4.74 Å². The lowest BCUT2D eigenvalue weighted by molar-refractivity contribution is 0.0592. The van der Waals surface area contributed by atoms with Crippen molar-refractivity contribution in [1.82, 2.24) is 30.1 Å². The van der Waals surface area contributed by atoms with Gasteiger partial charge in [0.1, 0.15) is 0 Å². The molecule has 9 nitrogen and oxygen atoms in total. The first kappa shape index (κ1) is 17.1. The number of hydrogen-bond acceptors (Lipinski definition) is 6. The van der Waals surface area contributed by atoms with Crippen molar-refractivity contribution in [2.45, 2.75) is 38.6 Å². The number of likely N-dealkylation sites (tertiary alicyclic amines) is 1. The van der Waals surface area contributed by atoms with Crippen LogP contribution in [0.3, 0.4) is 0 Å². The van der Waals surface area contributed by atoms with Crippen molar-refractivity contribution in [2.24, 2.45) is 0 Å². The van der Waals surface area contributed by atoms with Gasteiger partial charge in [-0.3, -0.25) is 9.89 Å². The summed E-state index contributed by atoms with van der Waals surface area (Å²) in [5.74, 6) is -0.356. The first-order valence-electron chi connectivity index (χ1n) is 8.34. The van der Waals surface area contributed by atoms with Gasteiger partial charge in [0.05, 0.1) is 36.8 Å². The number of piperidine rings is 1. The summed E-state index contributed by atoms with van der Waals surface area (Å²) in [6.45, 7) is 5.25. The van der Waals surface area contributed by atoms with Gasteiger partial charge in [0.15, 0.2) is 5.69 Å². The van der Waals surface area contributed by atoms with Crippen LogP contribution in [-0.4, -0.2) is 62.2 Å². The molecule has 134 valence electrons. The zero-order chi connectivity index (χ0) is 18.0. The van der Waals surface area contributed by atoms with Crippen LogP contribution in [0.25, 0.3) is 0 Å². The molecule has 1 N–H and O–H groups in total. The van der Waals surface area contributed by atoms with E-state index in [1.165, 1.54) is 7.11 Å². The second-order valence-corrected chi connectivity index (χ2v) is 6.47. The van der Waals surface area contributed by atoms with E-state index in [0.717, 1.165) is 18.5 Å². The molecule has 0 saturated carbocycles. The first-order valence-corrected chi connectivity index (χ1v) is 8.34. The lowest BCUT2D eigenvalue weighted by atomic mass is 10.0. The number of amides is 1. The largest absolute Gasteiger partial charge is 0.464 e. The van der Waals surface area contributed by atoms with Gasteiger partial charge in [-0.1, -0.05) is 19.1 Å². The van der Waals surface area contributed by atoms with Crippen molar-refractivity contribution in [1.29, 1.82) is 0 Å². The summed E-state index contributed by atoms with van der Waals surface area (Å²) in [7, 11) is 1.31. The van der Waals surface area contributed by atoms with Crippen LogP contribution in [0.1, 0.15) is 65.2 Å². The van der Waals surface area contributed by atoms with Gasteiger partial charge in [-0.15, -0.1) is 5.10 Å². The van der Waals surface area contributed by atoms with E-state index in [4.69, 9.17) is 0 Å². The molecule has 25 heavy (non-hydrogen) atoms. The quantitative estimate of drug-likeness (QED) is 0.839. The van der Waals surface area contributed by atoms with Gasteiger partial charge in [-0.25, -0.2) is 9.48 Å². The van der Waals surface area contributed by atoms with Crippen LogP contribution in [0.5, 0.6) is 0 Å². The molecule has 1 amide bonds. The molecule has 0 bridgehead atoms. The molecule has 0 spiro atoms. The number of aromatic nitrogens is 5. The van der Waals surface area contributed by atoms with Gasteiger partial charge in [0.25, 0.3) is 5.91 Å². The van der Waals surface area contributed by atoms with E-state index in [2.05, 4.69) is 25.2 Å². The molecule has 0 aromatic carbocycles. The van der Waals surface area contributed by atoms with Crippen LogP contribution < -0.4 is 0 Å². The molecule has 0 radical (unpaired) electrons. The number of aromatic amines is 1. The molecule has 3 heterocycles. The number of esters is 1. The van der Waals surface area contributed by atoms with Crippen molar-refractivity contribution in [3.05, 3.63) is 29.3 Å². The highest BCUT2D eigenvalue weighted by Crippen LogP contribution is 2.24. The van der Waals surface area contributed by atoms with Gasteiger partial charge < -0.3 is 9.64 Å². The third-order valence-corrected chi connectivity index (χ3v) is 4.44. The number of ether oxygens (including phenoxy) is 1. The Bertz CT molecular complexity index is 766. The van der Waals surface area contributed by atoms with Gasteiger partial charge >= 0.3 is 5.97 Å². The highest BCUT2D eigenvalue weighted by molar-refractivity contribution is 5.95. The fourth-order valence-corrected chi connectivity index (χ4v) is 3.09. The Balaban J connectivity index is 1.74. The van der Waals surface area contributed by atoms with E-state index in [1.54, 1.807) is 17.1 Å². The van der Waals surface area contributed by atoms with E-state index in [9.17, 15) is 9.59 Å². The molecule has 0 aliphatic carbocycles. The summed E-state index contributed by atoms with van der Waals surface area (Å²) in [5.41, 5.74) is 1.63. The molecular formula is C16H22N6O3. The Labute approximate surface area is 145 Å². The lowest BCUT2D eigenvalue weighted by Crippen LogP contribution is -2.41. The monoisotopic (exact) mass is 346 g/mol. The molecule has 9 heteroatoms. The summed E-state index contributed by atoms with van der Waals surface area (Å²) in [4.78, 5) is 26.2. The molecule has 1 atom stereocenters. The van der Waals surface area contributed by atoms with E-state index in [0.29, 0.717) is 18.7 Å². The SMILES string of the molecule is COC(=O)c1cn(C2CCCN(C(=O)c3cn[nH]c3C(C)C)C2)nn1. The second-order valence-electron chi connectivity index (χ2n) is 6.47. The van der Waals surface area contributed by atoms with Crippen LogP contribution in [0, 0.1) is 0 Å². The van der Waals surface area contributed by atoms with E-state index in [-0.39, 0.29) is 23.6 Å². The average molecular weight is 346 g/mol. The average Bonchev–Trinajstić information content (AvgIpc) is 3.30. The third-order valence-electron chi connectivity index (χ3n) is 4.44. The summed E-state index contributed by atoms with van der Waals surface area (Å²) in [6, 6.07) is -0.0157. The van der Waals surface area contributed by atoms with Crippen molar-refractivity contribution < 1.29 is 14.3 Å². The zero-order valence-electron chi connectivity index (χ0n) is 14.6. The number of H-pyrrole nitrogens is 1. The minimum atomic E-state index is -0.519. The number of carbonyl (C=O) groups excluding carboxylic acids is 2. The van der Waals surface area contributed by atoms with Crippen LogP contribution >= 0.6 is 0 Å². The molecule has 1 fully saturated rings.